The summed E-state index contributed by atoms with van der Waals surface area (Å²) in [5.74, 6) is 1.24. The van der Waals surface area contributed by atoms with Gasteiger partial charge < -0.3 is 4.90 Å². The summed E-state index contributed by atoms with van der Waals surface area (Å²) >= 11 is 0. The topological polar surface area (TPSA) is 74.8 Å². The fraction of sp³-hybridized carbons (Fsp3) is 0.529. The van der Waals surface area contributed by atoms with Gasteiger partial charge in [-0.1, -0.05) is 42.0 Å². The Bertz CT molecular complexity index is 638. The number of rotatable bonds is 4. The minimum atomic E-state index is 0.169. The van der Waals surface area contributed by atoms with Gasteiger partial charge in [0.05, 0.1) is 6.04 Å². The first kappa shape index (κ1) is 15.6. The second kappa shape index (κ2) is 6.89. The van der Waals surface area contributed by atoms with Crippen molar-refractivity contribution >= 4 is 5.91 Å². The lowest BCUT2D eigenvalue weighted by molar-refractivity contribution is -0.136. The van der Waals surface area contributed by atoms with Crippen molar-refractivity contribution in [1.29, 1.82) is 0 Å². The number of aryl methyl sites for hydroxylation is 2. The third-order valence-corrected chi connectivity index (χ3v) is 4.62. The summed E-state index contributed by atoms with van der Waals surface area (Å²) in [6.45, 7) is 5.15. The first-order valence-corrected chi connectivity index (χ1v) is 8.23. The highest BCUT2D eigenvalue weighted by Crippen LogP contribution is 2.36. The molecule has 3 rings (SSSR count). The Balaban J connectivity index is 1.74. The van der Waals surface area contributed by atoms with E-state index < -0.39 is 0 Å². The molecule has 1 fully saturated rings. The van der Waals surface area contributed by atoms with Crippen LogP contribution in [0.5, 0.6) is 0 Å². The highest BCUT2D eigenvalue weighted by Gasteiger charge is 2.32. The van der Waals surface area contributed by atoms with Crippen LogP contribution >= 0.6 is 0 Å². The van der Waals surface area contributed by atoms with E-state index in [0.717, 1.165) is 19.4 Å². The highest BCUT2D eigenvalue weighted by molar-refractivity contribution is 5.77. The normalized spacial score (nSPS) is 21.4. The van der Waals surface area contributed by atoms with E-state index in [4.69, 9.17) is 0 Å². The molecular formula is C17H23N5O. The summed E-state index contributed by atoms with van der Waals surface area (Å²) < 4.78 is 0. The van der Waals surface area contributed by atoms with Gasteiger partial charge in [0.25, 0.3) is 0 Å². The molecule has 2 heterocycles. The molecule has 6 nitrogen and oxygen atoms in total. The molecule has 0 aliphatic carbocycles. The molecule has 1 aliphatic heterocycles. The molecule has 1 aromatic carbocycles. The molecule has 6 heteroatoms. The lowest BCUT2D eigenvalue weighted by Crippen LogP contribution is -2.42. The first-order valence-electron chi connectivity index (χ1n) is 8.23. The summed E-state index contributed by atoms with van der Waals surface area (Å²) in [5.41, 5.74) is 2.47. The average Bonchev–Trinajstić information content (AvgIpc) is 3.07. The summed E-state index contributed by atoms with van der Waals surface area (Å²) in [6.07, 6.45) is 3.18. The van der Waals surface area contributed by atoms with Gasteiger partial charge in [-0.2, -0.15) is 5.21 Å². The Morgan fingerprint density at radius 1 is 1.35 bits per heavy atom. The van der Waals surface area contributed by atoms with Crippen LogP contribution in [0.3, 0.4) is 0 Å². The smallest absolute Gasteiger partial charge is 0.223 e. The van der Waals surface area contributed by atoms with Gasteiger partial charge in [-0.15, -0.1) is 10.2 Å². The Kier molecular flexibility index (Phi) is 4.69. The molecule has 1 amide bonds. The molecule has 122 valence electrons. The zero-order chi connectivity index (χ0) is 16.2. The number of likely N-dealkylation sites (tertiary alicyclic amines) is 1. The summed E-state index contributed by atoms with van der Waals surface area (Å²) in [6, 6.07) is 8.72. The zero-order valence-electron chi connectivity index (χ0n) is 13.7. The Labute approximate surface area is 136 Å². The molecule has 0 spiro atoms. The number of H-pyrrole nitrogens is 1. The number of nitrogens with one attached hydrogen (secondary N) is 1. The van der Waals surface area contributed by atoms with Crippen LogP contribution in [0.15, 0.2) is 24.3 Å². The number of carbonyl (C=O) groups excluding carboxylic acids is 1. The van der Waals surface area contributed by atoms with Crippen molar-refractivity contribution in [3.63, 3.8) is 0 Å². The van der Waals surface area contributed by atoms with Crippen molar-refractivity contribution in [2.24, 2.45) is 5.92 Å². The van der Waals surface area contributed by atoms with Crippen molar-refractivity contribution < 1.29 is 4.79 Å². The second-order valence-electron chi connectivity index (χ2n) is 6.39. The number of carbonyl (C=O) groups is 1. The van der Waals surface area contributed by atoms with Crippen molar-refractivity contribution in [2.45, 2.75) is 45.6 Å². The number of amides is 1. The van der Waals surface area contributed by atoms with Crippen LogP contribution < -0.4 is 0 Å². The Morgan fingerprint density at radius 2 is 2.13 bits per heavy atom. The highest BCUT2D eigenvalue weighted by atomic mass is 16.2. The molecule has 2 atom stereocenters. The van der Waals surface area contributed by atoms with Crippen LogP contribution in [0.2, 0.25) is 0 Å². The van der Waals surface area contributed by atoms with Crippen molar-refractivity contribution in [3.8, 4) is 0 Å². The number of nitrogens with zero attached hydrogens (tertiary/aromatic N) is 4. The van der Waals surface area contributed by atoms with E-state index in [-0.39, 0.29) is 11.9 Å². The van der Waals surface area contributed by atoms with Gasteiger partial charge in [0, 0.05) is 19.4 Å². The van der Waals surface area contributed by atoms with Crippen LogP contribution in [-0.2, 0) is 11.2 Å². The predicted octanol–water partition coefficient (Wildman–Crippen LogP) is 2.44. The van der Waals surface area contributed by atoms with Crippen LogP contribution in [0, 0.1) is 12.8 Å². The molecule has 23 heavy (non-hydrogen) atoms. The van der Waals surface area contributed by atoms with Gasteiger partial charge in [0.1, 0.15) is 0 Å². The fourth-order valence-corrected chi connectivity index (χ4v) is 3.39. The average molecular weight is 313 g/mol. The van der Waals surface area contributed by atoms with Gasteiger partial charge >= 0.3 is 0 Å². The Morgan fingerprint density at radius 3 is 2.83 bits per heavy atom. The third kappa shape index (κ3) is 3.57. The van der Waals surface area contributed by atoms with Gasteiger partial charge in [0.2, 0.25) is 5.91 Å². The van der Waals surface area contributed by atoms with Crippen molar-refractivity contribution in [3.05, 3.63) is 41.2 Å². The summed E-state index contributed by atoms with van der Waals surface area (Å²) in [7, 11) is 0. The fourth-order valence-electron chi connectivity index (χ4n) is 3.39. The number of hydrogen-bond donors (Lipinski definition) is 1. The van der Waals surface area contributed by atoms with Gasteiger partial charge in [-0.3, -0.25) is 4.79 Å². The number of hydrogen-bond acceptors (Lipinski definition) is 4. The van der Waals surface area contributed by atoms with E-state index in [2.05, 4.69) is 58.7 Å². The SMILES string of the molecule is Cc1ccc(C2C(C)CCCN2C(=O)CCc2nn[nH]n2)cc1. The maximum atomic E-state index is 12.7. The number of benzene rings is 1. The summed E-state index contributed by atoms with van der Waals surface area (Å²) in [5, 5.41) is 13.8. The molecule has 2 unspecified atom stereocenters. The van der Waals surface area contributed by atoms with Gasteiger partial charge in [-0.25, -0.2) is 0 Å². The van der Waals surface area contributed by atoms with Gasteiger partial charge in [-0.05, 0) is 31.2 Å². The summed E-state index contributed by atoms with van der Waals surface area (Å²) in [4.78, 5) is 14.8. The van der Waals surface area contributed by atoms with Crippen LogP contribution in [0.4, 0.5) is 0 Å². The maximum Gasteiger partial charge on any atom is 0.223 e. The van der Waals surface area contributed by atoms with E-state index in [9.17, 15) is 4.79 Å². The van der Waals surface area contributed by atoms with Crippen molar-refractivity contribution in [2.75, 3.05) is 6.54 Å². The van der Waals surface area contributed by atoms with Crippen LogP contribution in [0.25, 0.3) is 0 Å². The lowest BCUT2D eigenvalue weighted by Gasteiger charge is -2.40. The standard InChI is InChI=1S/C17H23N5O/c1-12-5-7-14(8-6-12)17-13(2)4-3-11-22(17)16(23)10-9-15-18-20-21-19-15/h5-8,13,17H,3-4,9-11H2,1-2H3,(H,18,19,20,21). The molecule has 0 saturated carbocycles. The zero-order valence-corrected chi connectivity index (χ0v) is 13.7. The van der Waals surface area contributed by atoms with E-state index in [1.54, 1.807) is 0 Å². The molecule has 2 aromatic rings. The number of aromatic amines is 1. The second-order valence-corrected chi connectivity index (χ2v) is 6.39. The minimum Gasteiger partial charge on any atom is -0.335 e. The molecule has 1 N–H and O–H groups in total. The monoisotopic (exact) mass is 313 g/mol. The molecular weight excluding hydrogens is 290 g/mol. The van der Waals surface area contributed by atoms with Crippen LogP contribution in [0.1, 0.15) is 49.2 Å². The largest absolute Gasteiger partial charge is 0.335 e. The Hall–Kier alpha value is -2.24. The van der Waals surface area contributed by atoms with Crippen LogP contribution in [-0.4, -0.2) is 38.0 Å². The molecule has 0 bridgehead atoms. The minimum absolute atomic E-state index is 0.169. The van der Waals surface area contributed by atoms with E-state index >= 15 is 0 Å². The third-order valence-electron chi connectivity index (χ3n) is 4.62. The lowest BCUT2D eigenvalue weighted by atomic mass is 9.85. The van der Waals surface area contributed by atoms with Gasteiger partial charge in [0.15, 0.2) is 5.82 Å². The van der Waals surface area contributed by atoms with E-state index in [1.807, 2.05) is 4.90 Å². The molecule has 1 aromatic heterocycles. The van der Waals surface area contributed by atoms with Crippen molar-refractivity contribution in [1.82, 2.24) is 25.5 Å². The molecule has 0 radical (unpaired) electrons. The molecule has 1 saturated heterocycles. The maximum absolute atomic E-state index is 12.7. The number of piperidine rings is 1. The quantitative estimate of drug-likeness (QED) is 0.940. The van der Waals surface area contributed by atoms with E-state index in [0.29, 0.717) is 24.6 Å². The number of aromatic nitrogens is 4. The predicted molar refractivity (Wildman–Crippen MR) is 86.5 cm³/mol. The number of tetrazole rings is 1. The van der Waals surface area contributed by atoms with E-state index in [1.165, 1.54) is 11.1 Å². The molecule has 1 aliphatic rings. The first-order chi connectivity index (χ1) is 11.1.